The molecule has 0 saturated carbocycles. The average Bonchev–Trinajstić information content (AvgIpc) is 2.78. The van der Waals surface area contributed by atoms with Crippen LogP contribution in [0.4, 0.5) is 0 Å². The predicted octanol–water partition coefficient (Wildman–Crippen LogP) is 6.39. The average molecular weight is 430 g/mol. The first-order chi connectivity index (χ1) is 15.3. The van der Waals surface area contributed by atoms with Crippen molar-refractivity contribution in [3.05, 3.63) is 96.1 Å². The Balaban J connectivity index is 1.78. The van der Waals surface area contributed by atoms with Crippen molar-refractivity contribution in [1.82, 2.24) is 5.32 Å². The highest BCUT2D eigenvalue weighted by Crippen LogP contribution is 2.29. The molecule has 168 valence electrons. The third kappa shape index (κ3) is 7.35. The third-order valence-corrected chi connectivity index (χ3v) is 5.60. The van der Waals surface area contributed by atoms with E-state index in [1.807, 2.05) is 26.8 Å². The molecule has 3 aromatic carbocycles. The third-order valence-electron chi connectivity index (χ3n) is 5.60. The minimum absolute atomic E-state index is 0.122. The second-order valence-electron chi connectivity index (χ2n) is 9.38. The van der Waals surface area contributed by atoms with Crippen molar-refractivity contribution < 1.29 is 9.53 Å². The molecule has 3 rings (SSSR count). The van der Waals surface area contributed by atoms with Crippen LogP contribution < -0.4 is 5.32 Å². The fourth-order valence-electron chi connectivity index (χ4n) is 4.02. The number of nitrogens with one attached hydrogen (secondary N) is 1. The van der Waals surface area contributed by atoms with E-state index >= 15 is 0 Å². The summed E-state index contributed by atoms with van der Waals surface area (Å²) in [5.41, 5.74) is 4.57. The summed E-state index contributed by atoms with van der Waals surface area (Å²) in [4.78, 5) is 12.3. The summed E-state index contributed by atoms with van der Waals surface area (Å²) in [5.74, 6) is 0.0468. The van der Waals surface area contributed by atoms with Crippen molar-refractivity contribution >= 4 is 5.97 Å². The lowest BCUT2D eigenvalue weighted by molar-refractivity contribution is -0.153. The zero-order valence-electron chi connectivity index (χ0n) is 19.7. The van der Waals surface area contributed by atoms with Crippen LogP contribution in [0.3, 0.4) is 0 Å². The number of hydrogen-bond donors (Lipinski definition) is 1. The summed E-state index contributed by atoms with van der Waals surface area (Å²) in [6.45, 7) is 8.05. The highest BCUT2D eigenvalue weighted by molar-refractivity contribution is 5.72. The highest BCUT2D eigenvalue weighted by Gasteiger charge is 2.22. The molecule has 3 nitrogen and oxygen atoms in total. The molecule has 0 aromatic heterocycles. The normalized spacial score (nSPS) is 13.4. The molecule has 2 atom stereocenters. The number of esters is 1. The number of aryl methyl sites for hydroxylation is 1. The van der Waals surface area contributed by atoms with Crippen LogP contribution in [0.15, 0.2) is 84.9 Å². The largest absolute Gasteiger partial charge is 0.459 e. The SMILES string of the molecule is CC(NCC(=O)OC(C)(C)C)C(CCc1ccccc1)c1cccc(-c2ccccc2)c1. The smallest absolute Gasteiger partial charge is 0.320 e. The Hall–Kier alpha value is -2.91. The van der Waals surface area contributed by atoms with E-state index in [-0.39, 0.29) is 24.5 Å². The summed E-state index contributed by atoms with van der Waals surface area (Å²) in [7, 11) is 0. The van der Waals surface area contributed by atoms with Gasteiger partial charge in [-0.3, -0.25) is 4.79 Å². The number of rotatable bonds is 9. The fraction of sp³-hybridized carbons (Fsp3) is 0.345. The molecule has 0 aliphatic carbocycles. The van der Waals surface area contributed by atoms with Gasteiger partial charge in [-0.1, -0.05) is 84.9 Å². The molecule has 0 heterocycles. The molecule has 32 heavy (non-hydrogen) atoms. The van der Waals surface area contributed by atoms with Crippen LogP contribution in [-0.4, -0.2) is 24.2 Å². The minimum atomic E-state index is -0.473. The first-order valence-corrected chi connectivity index (χ1v) is 11.5. The van der Waals surface area contributed by atoms with Crippen molar-refractivity contribution in [2.45, 2.75) is 58.1 Å². The van der Waals surface area contributed by atoms with Gasteiger partial charge in [0.05, 0.1) is 6.54 Å². The monoisotopic (exact) mass is 429 g/mol. The van der Waals surface area contributed by atoms with Gasteiger partial charge in [0.2, 0.25) is 0 Å². The van der Waals surface area contributed by atoms with Gasteiger partial charge < -0.3 is 10.1 Å². The van der Waals surface area contributed by atoms with Crippen LogP contribution in [0.2, 0.25) is 0 Å². The standard InChI is InChI=1S/C29H35NO2/c1-22(30-21-28(31)32-29(2,3)4)27(19-18-23-12-7-5-8-13-23)26-17-11-16-25(20-26)24-14-9-6-10-15-24/h5-17,20,22,27,30H,18-19,21H2,1-4H3. The van der Waals surface area contributed by atoms with Gasteiger partial charge in [-0.2, -0.15) is 0 Å². The Bertz CT molecular complexity index is 977. The number of carbonyl (C=O) groups excluding carboxylic acids is 1. The Labute approximate surface area is 192 Å². The Morgan fingerprint density at radius 1 is 0.875 bits per heavy atom. The Morgan fingerprint density at radius 2 is 1.50 bits per heavy atom. The quantitative estimate of drug-likeness (QED) is 0.401. The molecule has 3 aromatic rings. The van der Waals surface area contributed by atoms with Crippen molar-refractivity contribution in [3.8, 4) is 11.1 Å². The van der Waals surface area contributed by atoms with Crippen LogP contribution in [0.25, 0.3) is 11.1 Å². The van der Waals surface area contributed by atoms with Crippen molar-refractivity contribution in [3.63, 3.8) is 0 Å². The fourth-order valence-corrected chi connectivity index (χ4v) is 4.02. The molecule has 0 amide bonds. The van der Waals surface area contributed by atoms with E-state index in [1.54, 1.807) is 0 Å². The van der Waals surface area contributed by atoms with Gasteiger partial charge in [0.15, 0.2) is 0 Å². The zero-order chi connectivity index (χ0) is 23.0. The lowest BCUT2D eigenvalue weighted by Gasteiger charge is -2.27. The predicted molar refractivity (Wildman–Crippen MR) is 133 cm³/mol. The molecule has 0 fully saturated rings. The van der Waals surface area contributed by atoms with Crippen molar-refractivity contribution in [2.24, 2.45) is 0 Å². The van der Waals surface area contributed by atoms with E-state index < -0.39 is 5.60 Å². The van der Waals surface area contributed by atoms with Gasteiger partial charge >= 0.3 is 5.97 Å². The van der Waals surface area contributed by atoms with Crippen LogP contribution in [-0.2, 0) is 16.0 Å². The molecule has 0 bridgehead atoms. The number of ether oxygens (including phenoxy) is 1. The minimum Gasteiger partial charge on any atom is -0.459 e. The van der Waals surface area contributed by atoms with Crippen LogP contribution in [0.5, 0.6) is 0 Å². The summed E-state index contributed by atoms with van der Waals surface area (Å²) >= 11 is 0. The molecule has 3 heteroatoms. The van der Waals surface area contributed by atoms with Crippen LogP contribution >= 0.6 is 0 Å². The summed E-state index contributed by atoms with van der Waals surface area (Å²) < 4.78 is 5.48. The van der Waals surface area contributed by atoms with E-state index in [2.05, 4.69) is 91.1 Å². The summed E-state index contributed by atoms with van der Waals surface area (Å²) in [5, 5.41) is 3.42. The second-order valence-corrected chi connectivity index (χ2v) is 9.38. The maximum absolute atomic E-state index is 12.3. The molecule has 0 spiro atoms. The van der Waals surface area contributed by atoms with Gasteiger partial charge in [0.1, 0.15) is 5.60 Å². The molecule has 0 aliphatic rings. The van der Waals surface area contributed by atoms with Gasteiger partial charge in [0.25, 0.3) is 0 Å². The van der Waals surface area contributed by atoms with Gasteiger partial charge in [-0.05, 0) is 68.7 Å². The van der Waals surface area contributed by atoms with E-state index in [0.717, 1.165) is 12.8 Å². The topological polar surface area (TPSA) is 38.3 Å². The van der Waals surface area contributed by atoms with Crippen LogP contribution in [0, 0.1) is 0 Å². The highest BCUT2D eigenvalue weighted by atomic mass is 16.6. The van der Waals surface area contributed by atoms with Gasteiger partial charge in [-0.15, -0.1) is 0 Å². The van der Waals surface area contributed by atoms with Gasteiger partial charge in [0, 0.05) is 6.04 Å². The van der Waals surface area contributed by atoms with Crippen LogP contribution in [0.1, 0.15) is 51.2 Å². The first-order valence-electron chi connectivity index (χ1n) is 11.5. The van der Waals surface area contributed by atoms with E-state index in [4.69, 9.17) is 4.74 Å². The number of benzene rings is 3. The van der Waals surface area contributed by atoms with E-state index in [9.17, 15) is 4.79 Å². The first kappa shape index (κ1) is 23.7. The molecule has 1 N–H and O–H groups in total. The molecule has 2 unspecified atom stereocenters. The summed E-state index contributed by atoms with van der Waals surface area (Å²) in [6, 6.07) is 29.9. The molecule has 0 aliphatic heterocycles. The Morgan fingerprint density at radius 3 is 2.16 bits per heavy atom. The van der Waals surface area contributed by atoms with E-state index in [0.29, 0.717) is 0 Å². The van der Waals surface area contributed by atoms with Crippen molar-refractivity contribution in [1.29, 1.82) is 0 Å². The molecular formula is C29H35NO2. The molecule has 0 saturated heterocycles. The zero-order valence-corrected chi connectivity index (χ0v) is 19.7. The van der Waals surface area contributed by atoms with Gasteiger partial charge in [-0.25, -0.2) is 0 Å². The molecular weight excluding hydrogens is 394 g/mol. The van der Waals surface area contributed by atoms with Crippen molar-refractivity contribution in [2.75, 3.05) is 6.54 Å². The number of hydrogen-bond acceptors (Lipinski definition) is 3. The maximum Gasteiger partial charge on any atom is 0.320 e. The molecule has 0 radical (unpaired) electrons. The Kier molecular flexibility index (Phi) is 8.24. The summed E-state index contributed by atoms with van der Waals surface area (Å²) in [6.07, 6.45) is 1.98. The second kappa shape index (κ2) is 11.1. The number of carbonyl (C=O) groups is 1. The lowest BCUT2D eigenvalue weighted by atomic mass is 9.85. The maximum atomic E-state index is 12.3. The van der Waals surface area contributed by atoms with E-state index in [1.165, 1.54) is 22.3 Å². The lowest BCUT2D eigenvalue weighted by Crippen LogP contribution is -2.38.